The van der Waals surface area contributed by atoms with E-state index in [1.807, 2.05) is 69.3 Å². The minimum atomic E-state index is -0.870. The first kappa shape index (κ1) is 32.6. The fourth-order valence-corrected chi connectivity index (χ4v) is 4.10. The Labute approximate surface area is 249 Å². The molecule has 8 nitrogen and oxygen atoms in total. The maximum Gasteiger partial charge on any atom is 0.161 e. The monoisotopic (exact) mass is 580 g/mol. The van der Waals surface area contributed by atoms with E-state index in [1.165, 1.54) is 0 Å². The maximum absolute atomic E-state index is 10.5. The summed E-state index contributed by atoms with van der Waals surface area (Å²) < 4.78 is 34.6. The molecule has 0 aliphatic carbocycles. The number of aliphatic hydroxyl groups is 2. The van der Waals surface area contributed by atoms with E-state index in [1.54, 1.807) is 24.3 Å². The van der Waals surface area contributed by atoms with Gasteiger partial charge in [-0.3, -0.25) is 0 Å². The number of rotatable bonds is 19. The molecule has 2 unspecified atom stereocenters. The average Bonchev–Trinajstić information content (AvgIpc) is 2.99. The average molecular weight is 581 g/mol. The Hall–Kier alpha value is -3.88. The third-order valence-corrected chi connectivity index (χ3v) is 6.03. The largest absolute Gasteiger partial charge is 0.491 e. The summed E-state index contributed by atoms with van der Waals surface area (Å²) >= 11 is 0. The Morgan fingerprint density at radius 1 is 0.619 bits per heavy atom. The van der Waals surface area contributed by atoms with Crippen LogP contribution in [0.4, 0.5) is 0 Å². The molecule has 0 bridgehead atoms. The predicted octanol–water partition coefficient (Wildman–Crippen LogP) is 6.11. The molecule has 0 saturated heterocycles. The van der Waals surface area contributed by atoms with Crippen molar-refractivity contribution in [3.63, 3.8) is 0 Å². The Morgan fingerprint density at radius 3 is 1.71 bits per heavy atom. The summed E-state index contributed by atoms with van der Waals surface area (Å²) in [5.74, 6) is 3.50. The molecule has 228 valence electrons. The summed E-state index contributed by atoms with van der Waals surface area (Å²) in [6, 6.07) is 18.6. The Morgan fingerprint density at radius 2 is 1.17 bits per heavy atom. The van der Waals surface area contributed by atoms with Gasteiger partial charge < -0.3 is 38.6 Å². The summed E-state index contributed by atoms with van der Waals surface area (Å²) in [5.41, 5.74) is 2.13. The van der Waals surface area contributed by atoms with Gasteiger partial charge in [-0.25, -0.2) is 0 Å². The Kier molecular flexibility index (Phi) is 13.9. The van der Waals surface area contributed by atoms with Gasteiger partial charge in [0.15, 0.2) is 23.0 Å². The van der Waals surface area contributed by atoms with E-state index in [4.69, 9.17) is 28.4 Å². The van der Waals surface area contributed by atoms with Crippen molar-refractivity contribution >= 4 is 6.08 Å². The molecular weight excluding hydrogens is 536 g/mol. The van der Waals surface area contributed by atoms with Gasteiger partial charge in [-0.05, 0) is 74.7 Å². The van der Waals surface area contributed by atoms with Crippen LogP contribution in [0.2, 0.25) is 0 Å². The molecule has 8 heteroatoms. The van der Waals surface area contributed by atoms with Crippen LogP contribution in [0.3, 0.4) is 0 Å². The SMILES string of the molecule is C/C=C/c1ccc(OCC)c(OCC(O)COc2cccc(OCC(O)COc3cc(CCC)ccc3OCC)c2)c1. The lowest BCUT2D eigenvalue weighted by Crippen LogP contribution is -2.25. The van der Waals surface area contributed by atoms with Gasteiger partial charge >= 0.3 is 0 Å². The number of aliphatic hydroxyl groups excluding tert-OH is 2. The summed E-state index contributed by atoms with van der Waals surface area (Å²) in [4.78, 5) is 0. The minimum Gasteiger partial charge on any atom is -0.491 e. The number of aryl methyl sites for hydroxylation is 1. The molecule has 2 atom stereocenters. The molecular formula is C34H44O8. The smallest absolute Gasteiger partial charge is 0.161 e. The van der Waals surface area contributed by atoms with Crippen molar-refractivity contribution in [2.24, 2.45) is 0 Å². The van der Waals surface area contributed by atoms with Gasteiger partial charge in [0, 0.05) is 6.07 Å². The molecule has 42 heavy (non-hydrogen) atoms. The van der Waals surface area contributed by atoms with Gasteiger partial charge in [0.1, 0.15) is 50.1 Å². The highest BCUT2D eigenvalue weighted by Crippen LogP contribution is 2.30. The lowest BCUT2D eigenvalue weighted by molar-refractivity contribution is 0.0589. The minimum absolute atomic E-state index is 0.0255. The molecule has 0 radical (unpaired) electrons. The molecule has 0 heterocycles. The standard InChI is InChI=1S/C34H44O8/c1-5-10-25-14-16-31(37-7-3)33(18-25)41-23-27(35)21-39-29-12-9-13-30(20-29)40-22-28(36)24-42-34-19-26(11-6-2)15-17-32(34)38-8-4/h5,9-10,12-20,27-28,35-36H,6-8,11,21-24H2,1-4H3/b10-5+. The molecule has 0 saturated carbocycles. The summed E-state index contributed by atoms with van der Waals surface area (Å²) in [6.45, 7) is 9.08. The van der Waals surface area contributed by atoms with Crippen molar-refractivity contribution in [2.45, 2.75) is 52.7 Å². The first-order valence-corrected chi connectivity index (χ1v) is 14.6. The van der Waals surface area contributed by atoms with Crippen molar-refractivity contribution < 1.29 is 38.6 Å². The molecule has 0 aliphatic rings. The molecule has 3 aromatic rings. The van der Waals surface area contributed by atoms with Crippen molar-refractivity contribution in [3.05, 3.63) is 77.9 Å². The summed E-state index contributed by atoms with van der Waals surface area (Å²) in [7, 11) is 0. The molecule has 0 fully saturated rings. The molecule has 0 spiro atoms. The fraction of sp³-hybridized carbons (Fsp3) is 0.412. The van der Waals surface area contributed by atoms with Crippen LogP contribution in [-0.2, 0) is 6.42 Å². The predicted molar refractivity (Wildman–Crippen MR) is 164 cm³/mol. The van der Waals surface area contributed by atoms with Crippen LogP contribution in [0.5, 0.6) is 34.5 Å². The second kappa shape index (κ2) is 17.8. The van der Waals surface area contributed by atoms with E-state index in [9.17, 15) is 10.2 Å². The molecule has 0 aromatic heterocycles. The zero-order valence-corrected chi connectivity index (χ0v) is 25.1. The maximum atomic E-state index is 10.5. The Bertz CT molecular complexity index is 1240. The second-order valence-electron chi connectivity index (χ2n) is 9.63. The van der Waals surface area contributed by atoms with Crippen LogP contribution in [0.1, 0.15) is 45.2 Å². The van der Waals surface area contributed by atoms with Crippen LogP contribution in [0.25, 0.3) is 6.08 Å². The summed E-state index contributed by atoms with van der Waals surface area (Å²) in [6.07, 6.45) is 4.15. The Balaban J connectivity index is 1.47. The first-order chi connectivity index (χ1) is 20.4. The van der Waals surface area contributed by atoms with E-state index >= 15 is 0 Å². The molecule has 0 aliphatic heterocycles. The number of ether oxygens (including phenoxy) is 6. The van der Waals surface area contributed by atoms with Crippen LogP contribution in [0.15, 0.2) is 66.7 Å². The molecule has 3 rings (SSSR count). The van der Waals surface area contributed by atoms with Crippen molar-refractivity contribution in [2.75, 3.05) is 39.6 Å². The van der Waals surface area contributed by atoms with Crippen LogP contribution >= 0.6 is 0 Å². The molecule has 0 amide bonds. The van der Waals surface area contributed by atoms with Crippen molar-refractivity contribution in [3.8, 4) is 34.5 Å². The van der Waals surface area contributed by atoms with Crippen LogP contribution < -0.4 is 28.4 Å². The zero-order valence-electron chi connectivity index (χ0n) is 25.1. The zero-order chi connectivity index (χ0) is 30.2. The van der Waals surface area contributed by atoms with Gasteiger partial charge in [-0.15, -0.1) is 0 Å². The third kappa shape index (κ3) is 10.8. The first-order valence-electron chi connectivity index (χ1n) is 14.6. The van der Waals surface area contributed by atoms with Gasteiger partial charge in [0.05, 0.1) is 13.2 Å². The van der Waals surface area contributed by atoms with E-state index in [0.717, 1.165) is 24.0 Å². The normalized spacial score (nSPS) is 12.5. The van der Waals surface area contributed by atoms with E-state index in [2.05, 4.69) is 6.92 Å². The van der Waals surface area contributed by atoms with Crippen LogP contribution in [0, 0.1) is 0 Å². The van der Waals surface area contributed by atoms with E-state index in [0.29, 0.717) is 47.7 Å². The topological polar surface area (TPSA) is 95.8 Å². The number of hydrogen-bond donors (Lipinski definition) is 2. The number of allylic oxidation sites excluding steroid dienone is 1. The lowest BCUT2D eigenvalue weighted by atomic mass is 10.1. The van der Waals surface area contributed by atoms with Crippen molar-refractivity contribution in [1.29, 1.82) is 0 Å². The van der Waals surface area contributed by atoms with Gasteiger partial charge in [0.25, 0.3) is 0 Å². The second-order valence-corrected chi connectivity index (χ2v) is 9.63. The number of benzene rings is 3. The molecule has 3 aromatic carbocycles. The van der Waals surface area contributed by atoms with Gasteiger partial charge in [-0.1, -0.05) is 43.7 Å². The highest BCUT2D eigenvalue weighted by atomic mass is 16.5. The molecule has 2 N–H and O–H groups in total. The fourth-order valence-electron chi connectivity index (χ4n) is 4.10. The quantitative estimate of drug-likeness (QED) is 0.175. The lowest BCUT2D eigenvalue weighted by Gasteiger charge is -2.17. The highest BCUT2D eigenvalue weighted by Gasteiger charge is 2.13. The van der Waals surface area contributed by atoms with Gasteiger partial charge in [0.2, 0.25) is 0 Å². The summed E-state index contributed by atoms with van der Waals surface area (Å²) in [5, 5.41) is 21.0. The van der Waals surface area contributed by atoms with Crippen LogP contribution in [-0.4, -0.2) is 62.1 Å². The third-order valence-electron chi connectivity index (χ3n) is 6.03. The van der Waals surface area contributed by atoms with Gasteiger partial charge in [-0.2, -0.15) is 0 Å². The number of hydrogen-bond acceptors (Lipinski definition) is 8. The highest BCUT2D eigenvalue weighted by molar-refractivity contribution is 5.55. The van der Waals surface area contributed by atoms with E-state index < -0.39 is 12.2 Å². The van der Waals surface area contributed by atoms with E-state index in [-0.39, 0.29) is 26.4 Å². The van der Waals surface area contributed by atoms with Crippen molar-refractivity contribution in [1.82, 2.24) is 0 Å².